The van der Waals surface area contributed by atoms with Crippen molar-refractivity contribution < 1.29 is 13.2 Å². The first-order valence-corrected chi connectivity index (χ1v) is 8.14. The van der Waals surface area contributed by atoms with Crippen LogP contribution >= 0.6 is 12.4 Å². The van der Waals surface area contributed by atoms with Crippen molar-refractivity contribution in [2.75, 3.05) is 13.1 Å². The molecule has 1 saturated heterocycles. The monoisotopic (exact) mass is 333 g/mol. The SMILES string of the molecule is Cl.NS(=O)(=O)c1ccc(CCNC(=O)[C@@H]2CCCN2)cc1. The maximum atomic E-state index is 11.8. The second-order valence-corrected chi connectivity index (χ2v) is 6.44. The van der Waals surface area contributed by atoms with Crippen molar-refractivity contribution in [3.05, 3.63) is 29.8 Å². The predicted octanol–water partition coefficient (Wildman–Crippen LogP) is 0.166. The average Bonchev–Trinajstić information content (AvgIpc) is 2.92. The van der Waals surface area contributed by atoms with Crippen LogP contribution in [0.2, 0.25) is 0 Å². The smallest absolute Gasteiger partial charge is 0.238 e. The predicted molar refractivity (Wildman–Crippen MR) is 82.8 cm³/mol. The minimum atomic E-state index is -3.64. The summed E-state index contributed by atoms with van der Waals surface area (Å²) in [7, 11) is -3.64. The molecule has 0 spiro atoms. The highest BCUT2D eigenvalue weighted by molar-refractivity contribution is 7.89. The third-order valence-electron chi connectivity index (χ3n) is 3.34. The number of primary sulfonamides is 1. The zero-order valence-corrected chi connectivity index (χ0v) is 13.2. The minimum Gasteiger partial charge on any atom is -0.354 e. The van der Waals surface area contributed by atoms with Crippen molar-refractivity contribution in [2.45, 2.75) is 30.2 Å². The van der Waals surface area contributed by atoms with E-state index in [9.17, 15) is 13.2 Å². The topological polar surface area (TPSA) is 101 Å². The van der Waals surface area contributed by atoms with Gasteiger partial charge in [-0.25, -0.2) is 13.6 Å². The number of nitrogens with one attached hydrogen (secondary N) is 2. The molecule has 1 aromatic carbocycles. The minimum absolute atomic E-state index is 0. The van der Waals surface area contributed by atoms with Gasteiger partial charge in [-0.2, -0.15) is 0 Å². The van der Waals surface area contributed by atoms with E-state index in [1.54, 1.807) is 12.1 Å². The molecule has 0 aliphatic carbocycles. The zero-order chi connectivity index (χ0) is 14.6. The number of carbonyl (C=O) groups is 1. The largest absolute Gasteiger partial charge is 0.354 e. The van der Waals surface area contributed by atoms with Crippen LogP contribution in [0.3, 0.4) is 0 Å². The Balaban J connectivity index is 0.00000220. The second-order valence-electron chi connectivity index (χ2n) is 4.88. The molecule has 2 rings (SSSR count). The first-order valence-electron chi connectivity index (χ1n) is 6.59. The fourth-order valence-electron chi connectivity index (χ4n) is 2.21. The quantitative estimate of drug-likeness (QED) is 0.714. The van der Waals surface area contributed by atoms with Crippen molar-refractivity contribution in [1.82, 2.24) is 10.6 Å². The van der Waals surface area contributed by atoms with Gasteiger partial charge in [0.2, 0.25) is 15.9 Å². The Kier molecular flexibility index (Phi) is 6.60. The molecule has 0 saturated carbocycles. The summed E-state index contributed by atoms with van der Waals surface area (Å²) in [6.45, 7) is 1.43. The first kappa shape index (κ1) is 17.9. The lowest BCUT2D eigenvalue weighted by Gasteiger charge is -2.11. The summed E-state index contributed by atoms with van der Waals surface area (Å²) < 4.78 is 22.2. The molecule has 0 aromatic heterocycles. The molecule has 4 N–H and O–H groups in total. The average molecular weight is 334 g/mol. The third-order valence-corrected chi connectivity index (χ3v) is 4.27. The van der Waals surface area contributed by atoms with E-state index in [2.05, 4.69) is 10.6 Å². The van der Waals surface area contributed by atoms with Crippen molar-refractivity contribution >= 4 is 28.3 Å². The lowest BCUT2D eigenvalue weighted by molar-refractivity contribution is -0.122. The molecule has 0 bridgehead atoms. The van der Waals surface area contributed by atoms with E-state index in [4.69, 9.17) is 5.14 Å². The van der Waals surface area contributed by atoms with Gasteiger partial charge in [0.15, 0.2) is 0 Å². The van der Waals surface area contributed by atoms with Crippen molar-refractivity contribution in [3.8, 4) is 0 Å². The number of hydrogen-bond acceptors (Lipinski definition) is 4. The van der Waals surface area contributed by atoms with E-state index in [1.807, 2.05) is 0 Å². The van der Waals surface area contributed by atoms with Gasteiger partial charge in [-0.15, -0.1) is 12.4 Å². The summed E-state index contributed by atoms with van der Waals surface area (Å²) in [6.07, 6.45) is 2.57. The van der Waals surface area contributed by atoms with Crippen LogP contribution in [0, 0.1) is 0 Å². The Hall–Kier alpha value is -1.15. The first-order chi connectivity index (χ1) is 9.47. The number of benzene rings is 1. The molecular weight excluding hydrogens is 314 g/mol. The highest BCUT2D eigenvalue weighted by Crippen LogP contribution is 2.09. The summed E-state index contributed by atoms with van der Waals surface area (Å²) in [6, 6.07) is 6.30. The zero-order valence-electron chi connectivity index (χ0n) is 11.5. The fraction of sp³-hybridized carbons (Fsp3) is 0.462. The summed E-state index contributed by atoms with van der Waals surface area (Å²) in [5.74, 6) is 0.0312. The van der Waals surface area contributed by atoms with Crippen LogP contribution in [0.5, 0.6) is 0 Å². The summed E-state index contributed by atoms with van der Waals surface area (Å²) in [4.78, 5) is 11.8. The van der Waals surface area contributed by atoms with Crippen LogP contribution in [-0.4, -0.2) is 33.5 Å². The molecule has 21 heavy (non-hydrogen) atoms. The number of carbonyl (C=O) groups excluding carboxylic acids is 1. The third kappa shape index (κ3) is 5.28. The van der Waals surface area contributed by atoms with E-state index in [0.29, 0.717) is 13.0 Å². The molecule has 118 valence electrons. The van der Waals surface area contributed by atoms with Crippen LogP contribution < -0.4 is 15.8 Å². The Morgan fingerprint density at radius 1 is 1.33 bits per heavy atom. The maximum Gasteiger partial charge on any atom is 0.238 e. The van der Waals surface area contributed by atoms with Gasteiger partial charge in [-0.1, -0.05) is 12.1 Å². The Morgan fingerprint density at radius 3 is 2.52 bits per heavy atom. The van der Waals surface area contributed by atoms with Crippen molar-refractivity contribution in [2.24, 2.45) is 5.14 Å². The molecule has 0 radical (unpaired) electrons. The Bertz CT molecular complexity index is 569. The standard InChI is InChI=1S/C13H19N3O3S.ClH/c14-20(18,19)11-5-3-10(4-6-11)7-9-16-13(17)12-2-1-8-15-12;/h3-6,12,15H,1-2,7-9H2,(H,16,17)(H2,14,18,19);1H/t12-;/m0./s1. The Morgan fingerprint density at radius 2 is 2.00 bits per heavy atom. The summed E-state index contributed by atoms with van der Waals surface area (Å²) in [5, 5.41) is 11.0. The molecule has 1 aliphatic heterocycles. The van der Waals surface area contributed by atoms with Crippen LogP contribution in [0.4, 0.5) is 0 Å². The van der Waals surface area contributed by atoms with Crippen molar-refractivity contribution in [3.63, 3.8) is 0 Å². The number of rotatable bonds is 5. The molecule has 1 atom stereocenters. The molecule has 1 fully saturated rings. The molecule has 6 nitrogen and oxygen atoms in total. The second kappa shape index (κ2) is 7.74. The molecular formula is C13H20ClN3O3S. The van der Waals surface area contributed by atoms with Gasteiger partial charge in [-0.05, 0) is 43.5 Å². The van der Waals surface area contributed by atoms with Crippen LogP contribution in [0.25, 0.3) is 0 Å². The number of hydrogen-bond donors (Lipinski definition) is 3. The van der Waals surface area contributed by atoms with Gasteiger partial charge in [0.25, 0.3) is 0 Å². The van der Waals surface area contributed by atoms with E-state index < -0.39 is 10.0 Å². The summed E-state index contributed by atoms with van der Waals surface area (Å²) >= 11 is 0. The van der Waals surface area contributed by atoms with Gasteiger partial charge >= 0.3 is 0 Å². The van der Waals surface area contributed by atoms with Gasteiger partial charge in [-0.3, -0.25) is 4.79 Å². The Labute approximate surface area is 130 Å². The van der Waals surface area contributed by atoms with Gasteiger partial charge in [0.05, 0.1) is 10.9 Å². The molecule has 1 aromatic rings. The number of sulfonamides is 1. The van der Waals surface area contributed by atoms with Gasteiger partial charge in [0.1, 0.15) is 0 Å². The number of amides is 1. The van der Waals surface area contributed by atoms with E-state index in [0.717, 1.165) is 24.9 Å². The van der Waals surface area contributed by atoms with Gasteiger partial charge in [0, 0.05) is 6.54 Å². The lowest BCUT2D eigenvalue weighted by Crippen LogP contribution is -2.41. The molecule has 1 amide bonds. The molecule has 1 aliphatic rings. The van der Waals surface area contributed by atoms with Gasteiger partial charge < -0.3 is 10.6 Å². The highest BCUT2D eigenvalue weighted by Gasteiger charge is 2.21. The van der Waals surface area contributed by atoms with Crippen LogP contribution in [-0.2, 0) is 21.2 Å². The number of nitrogens with two attached hydrogens (primary N) is 1. The number of halogens is 1. The summed E-state index contributed by atoms with van der Waals surface area (Å²) in [5.41, 5.74) is 0.956. The normalized spacial score (nSPS) is 18.0. The lowest BCUT2D eigenvalue weighted by atomic mass is 10.1. The fourth-order valence-corrected chi connectivity index (χ4v) is 2.72. The van der Waals surface area contributed by atoms with E-state index >= 15 is 0 Å². The van der Waals surface area contributed by atoms with Crippen LogP contribution in [0.15, 0.2) is 29.2 Å². The van der Waals surface area contributed by atoms with E-state index in [-0.39, 0.29) is 29.3 Å². The molecule has 0 unspecified atom stereocenters. The molecule has 8 heteroatoms. The van der Waals surface area contributed by atoms with E-state index in [1.165, 1.54) is 12.1 Å². The van der Waals surface area contributed by atoms with Crippen LogP contribution in [0.1, 0.15) is 18.4 Å². The maximum absolute atomic E-state index is 11.8. The highest BCUT2D eigenvalue weighted by atomic mass is 35.5. The molecule has 1 heterocycles. The van der Waals surface area contributed by atoms with Crippen molar-refractivity contribution in [1.29, 1.82) is 0 Å².